The van der Waals surface area contributed by atoms with E-state index in [1.54, 1.807) is 0 Å². The number of hydrogen-bond donors (Lipinski definition) is 1. The number of benzene rings is 1. The summed E-state index contributed by atoms with van der Waals surface area (Å²) in [6.45, 7) is 4.62. The molecule has 98 valence electrons. The van der Waals surface area contributed by atoms with Crippen LogP contribution in [0.15, 0.2) is 24.3 Å². The van der Waals surface area contributed by atoms with Crippen molar-refractivity contribution in [2.45, 2.75) is 57.7 Å². The molecule has 1 unspecified atom stereocenters. The maximum absolute atomic E-state index is 10.4. The molecule has 3 rings (SSSR count). The average molecular weight is 246 g/mol. The first-order valence-electron chi connectivity index (χ1n) is 6.96. The van der Waals surface area contributed by atoms with E-state index in [1.807, 2.05) is 24.3 Å². The van der Waals surface area contributed by atoms with Crippen molar-refractivity contribution < 1.29 is 9.84 Å². The Bertz CT molecular complexity index is 452. The minimum absolute atomic E-state index is 0.143. The van der Waals surface area contributed by atoms with Crippen molar-refractivity contribution in [2.75, 3.05) is 0 Å². The lowest BCUT2D eigenvalue weighted by Gasteiger charge is -2.48. The molecule has 1 aliphatic heterocycles. The number of ether oxygens (including phenoxy) is 1. The normalized spacial score (nSPS) is 33.8. The summed E-state index contributed by atoms with van der Waals surface area (Å²) < 4.78 is 6.31. The highest BCUT2D eigenvalue weighted by molar-refractivity contribution is 5.38. The molecule has 2 nitrogen and oxygen atoms in total. The van der Waals surface area contributed by atoms with Gasteiger partial charge in [0, 0.05) is 12.0 Å². The third kappa shape index (κ3) is 2.03. The third-order valence-electron chi connectivity index (χ3n) is 4.46. The van der Waals surface area contributed by atoms with Crippen molar-refractivity contribution in [2.24, 2.45) is 5.41 Å². The van der Waals surface area contributed by atoms with Gasteiger partial charge in [-0.1, -0.05) is 32.0 Å². The molecule has 1 heterocycles. The summed E-state index contributed by atoms with van der Waals surface area (Å²) in [6, 6.07) is 7.91. The Kier molecular flexibility index (Phi) is 2.67. The molecule has 2 atom stereocenters. The second kappa shape index (κ2) is 3.99. The topological polar surface area (TPSA) is 29.5 Å². The highest BCUT2D eigenvalue weighted by atomic mass is 16.5. The first-order valence-corrected chi connectivity index (χ1v) is 6.96. The van der Waals surface area contributed by atoms with Crippen molar-refractivity contribution >= 4 is 0 Å². The smallest absolute Gasteiger partial charge is 0.125 e. The summed E-state index contributed by atoms with van der Waals surface area (Å²) >= 11 is 0. The lowest BCUT2D eigenvalue weighted by molar-refractivity contribution is -0.0676. The Morgan fingerprint density at radius 2 is 2.00 bits per heavy atom. The van der Waals surface area contributed by atoms with Crippen LogP contribution in [0, 0.1) is 5.41 Å². The molecule has 1 aromatic rings. The zero-order chi connectivity index (χ0) is 12.8. The van der Waals surface area contributed by atoms with E-state index in [9.17, 15) is 5.11 Å². The van der Waals surface area contributed by atoms with E-state index < -0.39 is 0 Å². The van der Waals surface area contributed by atoms with Crippen LogP contribution >= 0.6 is 0 Å². The largest absolute Gasteiger partial charge is 0.487 e. The minimum atomic E-state index is -0.371. The third-order valence-corrected chi connectivity index (χ3v) is 4.46. The molecule has 0 amide bonds. The fourth-order valence-electron chi connectivity index (χ4n) is 3.79. The summed E-state index contributed by atoms with van der Waals surface area (Å²) in [4.78, 5) is 0. The number of hydrogen-bond acceptors (Lipinski definition) is 2. The Balaban J connectivity index is 1.93. The van der Waals surface area contributed by atoms with E-state index in [-0.39, 0.29) is 11.7 Å². The fraction of sp³-hybridized carbons (Fsp3) is 0.625. The zero-order valence-electron chi connectivity index (χ0n) is 11.3. The molecular formula is C16H22O2. The van der Waals surface area contributed by atoms with Crippen molar-refractivity contribution in [1.29, 1.82) is 0 Å². The van der Waals surface area contributed by atoms with Gasteiger partial charge in [0.05, 0.1) is 6.10 Å². The molecule has 1 spiro atoms. The van der Waals surface area contributed by atoms with Crippen molar-refractivity contribution in [3.63, 3.8) is 0 Å². The first kappa shape index (κ1) is 12.0. The molecule has 2 heteroatoms. The summed E-state index contributed by atoms with van der Waals surface area (Å²) in [7, 11) is 0. The molecule has 0 radical (unpaired) electrons. The molecule has 0 bridgehead atoms. The van der Waals surface area contributed by atoms with E-state index in [4.69, 9.17) is 4.74 Å². The molecule has 1 aromatic carbocycles. The average Bonchev–Trinajstić information content (AvgIpc) is 2.27. The molecule has 0 saturated heterocycles. The van der Waals surface area contributed by atoms with Gasteiger partial charge in [-0.15, -0.1) is 0 Å². The predicted octanol–water partition coefficient (Wildman–Crippen LogP) is 3.84. The van der Waals surface area contributed by atoms with Crippen LogP contribution in [0.2, 0.25) is 0 Å². The Morgan fingerprint density at radius 3 is 2.78 bits per heavy atom. The number of aliphatic hydroxyl groups excluding tert-OH is 1. The van der Waals surface area contributed by atoms with E-state index in [0.717, 1.165) is 30.6 Å². The molecule has 1 fully saturated rings. The van der Waals surface area contributed by atoms with Crippen LogP contribution in [0.25, 0.3) is 0 Å². The van der Waals surface area contributed by atoms with Crippen LogP contribution in [0.3, 0.4) is 0 Å². The predicted molar refractivity (Wildman–Crippen MR) is 71.6 cm³/mol. The van der Waals surface area contributed by atoms with Crippen LogP contribution in [-0.2, 0) is 0 Å². The molecule has 1 saturated carbocycles. The molecule has 1 aliphatic carbocycles. The van der Waals surface area contributed by atoms with E-state index in [2.05, 4.69) is 13.8 Å². The van der Waals surface area contributed by atoms with Crippen LogP contribution in [0.5, 0.6) is 5.75 Å². The van der Waals surface area contributed by atoms with Gasteiger partial charge in [-0.3, -0.25) is 0 Å². The lowest BCUT2D eigenvalue weighted by Crippen LogP contribution is -2.47. The fourth-order valence-corrected chi connectivity index (χ4v) is 3.79. The van der Waals surface area contributed by atoms with E-state index in [1.165, 1.54) is 12.8 Å². The van der Waals surface area contributed by atoms with Crippen molar-refractivity contribution in [3.8, 4) is 5.75 Å². The number of aliphatic hydroxyl groups is 1. The monoisotopic (exact) mass is 246 g/mol. The molecular weight excluding hydrogens is 224 g/mol. The summed E-state index contributed by atoms with van der Waals surface area (Å²) in [6.07, 6.45) is 4.95. The molecule has 0 aromatic heterocycles. The van der Waals surface area contributed by atoms with Gasteiger partial charge in [-0.2, -0.15) is 0 Å². The molecule has 18 heavy (non-hydrogen) atoms. The van der Waals surface area contributed by atoms with Crippen molar-refractivity contribution in [1.82, 2.24) is 0 Å². The maximum atomic E-state index is 10.4. The summed E-state index contributed by atoms with van der Waals surface area (Å²) in [5, 5.41) is 10.4. The van der Waals surface area contributed by atoms with Gasteiger partial charge in [0.25, 0.3) is 0 Å². The van der Waals surface area contributed by atoms with Crippen LogP contribution in [0.1, 0.15) is 57.6 Å². The van der Waals surface area contributed by atoms with Crippen LogP contribution in [0.4, 0.5) is 0 Å². The van der Waals surface area contributed by atoms with Gasteiger partial charge in [-0.05, 0) is 37.2 Å². The lowest BCUT2D eigenvalue weighted by atomic mass is 9.67. The number of para-hydroxylation sites is 1. The highest BCUT2D eigenvalue weighted by Crippen LogP contribution is 2.50. The summed E-state index contributed by atoms with van der Waals surface area (Å²) in [5.41, 5.74) is 1.13. The van der Waals surface area contributed by atoms with Gasteiger partial charge in [0.1, 0.15) is 11.4 Å². The number of rotatable bonds is 0. The molecule has 2 aliphatic rings. The molecule has 1 N–H and O–H groups in total. The van der Waals surface area contributed by atoms with Crippen LogP contribution < -0.4 is 4.74 Å². The van der Waals surface area contributed by atoms with Gasteiger partial charge >= 0.3 is 0 Å². The Hall–Kier alpha value is -1.02. The first-order chi connectivity index (χ1) is 8.50. The maximum Gasteiger partial charge on any atom is 0.125 e. The minimum Gasteiger partial charge on any atom is -0.487 e. The van der Waals surface area contributed by atoms with Crippen LogP contribution in [-0.4, -0.2) is 10.7 Å². The quantitative estimate of drug-likeness (QED) is 0.753. The zero-order valence-corrected chi connectivity index (χ0v) is 11.3. The SMILES string of the molecule is CC1(C)CCCC2(C[C@H](O)c3ccccc3O2)C1. The Morgan fingerprint density at radius 1 is 1.22 bits per heavy atom. The second-order valence-electron chi connectivity index (χ2n) is 6.74. The Labute approximate surface area is 109 Å². The number of fused-ring (bicyclic) bond motifs is 1. The highest BCUT2D eigenvalue weighted by Gasteiger charge is 2.46. The standard InChI is InChI=1S/C16H22O2/c1-15(2)8-5-9-16(11-15)10-13(17)12-6-3-4-7-14(12)18-16/h3-4,6-7,13,17H,5,8-11H2,1-2H3/t13-,16?/m0/s1. The van der Waals surface area contributed by atoms with Gasteiger partial charge < -0.3 is 9.84 Å². The van der Waals surface area contributed by atoms with Crippen molar-refractivity contribution in [3.05, 3.63) is 29.8 Å². The second-order valence-corrected chi connectivity index (χ2v) is 6.74. The van der Waals surface area contributed by atoms with E-state index >= 15 is 0 Å². The van der Waals surface area contributed by atoms with E-state index in [0.29, 0.717) is 5.41 Å². The van der Waals surface area contributed by atoms with Gasteiger partial charge in [0.15, 0.2) is 0 Å². The summed E-state index contributed by atoms with van der Waals surface area (Å²) in [5.74, 6) is 0.883. The van der Waals surface area contributed by atoms with Gasteiger partial charge in [-0.25, -0.2) is 0 Å². The van der Waals surface area contributed by atoms with Gasteiger partial charge in [0.2, 0.25) is 0 Å².